The second-order valence-electron chi connectivity index (χ2n) is 8.44. The first kappa shape index (κ1) is 21.5. The lowest BCUT2D eigenvalue weighted by atomic mass is 9.82. The Morgan fingerprint density at radius 2 is 1.88 bits per heavy atom. The number of hydrogen-bond donors (Lipinski definition) is 2. The zero-order valence-electron chi connectivity index (χ0n) is 17.8. The molecule has 4 atom stereocenters. The molecule has 0 radical (unpaired) electrons. The van der Waals surface area contributed by atoms with E-state index < -0.39 is 29.6 Å². The Morgan fingerprint density at radius 3 is 2.48 bits per heavy atom. The van der Waals surface area contributed by atoms with Crippen molar-refractivity contribution >= 4 is 35.2 Å². The number of carbonyl (C=O) groups excluding carboxylic acids is 4. The van der Waals surface area contributed by atoms with E-state index in [9.17, 15) is 19.2 Å². The quantitative estimate of drug-likeness (QED) is 0.477. The molecule has 5 rings (SSSR count). The van der Waals surface area contributed by atoms with Crippen LogP contribution in [0.3, 0.4) is 0 Å². The van der Waals surface area contributed by atoms with Gasteiger partial charge in [-0.25, -0.2) is 4.79 Å². The molecule has 2 saturated heterocycles. The van der Waals surface area contributed by atoms with E-state index >= 15 is 0 Å². The van der Waals surface area contributed by atoms with Crippen molar-refractivity contribution in [3.05, 3.63) is 57.4 Å². The molecule has 0 aromatic heterocycles. The molecule has 11 heteroatoms. The number of ketones is 2. The number of primary amides is 1. The number of Topliss-reactive ketones (excluding diaryl/α,β-unsaturated/α-hetero) is 2. The second-order valence-corrected chi connectivity index (χ2v) is 8.88. The minimum atomic E-state index is -1.29. The maximum absolute atomic E-state index is 13.2. The molecule has 10 nitrogen and oxygen atoms in total. The van der Waals surface area contributed by atoms with E-state index in [-0.39, 0.29) is 53.4 Å². The molecule has 2 amide bonds. The van der Waals surface area contributed by atoms with Crippen LogP contribution in [0.4, 0.5) is 4.79 Å². The van der Waals surface area contributed by atoms with Crippen LogP contribution in [0.15, 0.2) is 46.8 Å². The second kappa shape index (κ2) is 7.06. The number of nitrogens with zero attached hydrogens (tertiary/aromatic N) is 2. The Hall–Kier alpha value is -3.37. The average Bonchev–Trinajstić information content (AvgIpc) is 3.29. The highest BCUT2D eigenvalue weighted by Gasteiger charge is 2.77. The summed E-state index contributed by atoms with van der Waals surface area (Å²) in [7, 11) is 1.44. The fourth-order valence-electron chi connectivity index (χ4n) is 5.50. The van der Waals surface area contributed by atoms with Crippen LogP contribution >= 0.6 is 11.6 Å². The van der Waals surface area contributed by atoms with Crippen LogP contribution in [0.5, 0.6) is 0 Å². The summed E-state index contributed by atoms with van der Waals surface area (Å²) in [6.07, 6.45) is -1.03. The van der Waals surface area contributed by atoms with Gasteiger partial charge in [0.2, 0.25) is 11.6 Å². The fourth-order valence-corrected chi connectivity index (χ4v) is 5.62. The van der Waals surface area contributed by atoms with Gasteiger partial charge in [0.15, 0.2) is 5.72 Å². The first-order chi connectivity index (χ1) is 15.6. The monoisotopic (exact) mass is 472 g/mol. The first-order valence-electron chi connectivity index (χ1n) is 10.3. The molecule has 4 aliphatic rings. The van der Waals surface area contributed by atoms with Crippen LogP contribution in [0.25, 0.3) is 0 Å². The number of nitrogens with two attached hydrogens (primary N) is 2. The Kier molecular flexibility index (Phi) is 4.60. The average molecular weight is 473 g/mol. The third-order valence-corrected chi connectivity index (χ3v) is 7.27. The van der Waals surface area contributed by atoms with Gasteiger partial charge in [-0.1, -0.05) is 11.6 Å². The van der Waals surface area contributed by atoms with Gasteiger partial charge in [0.05, 0.1) is 23.4 Å². The standard InChI is InChI=1S/C22H21ClN4O6/c1-9-15(24)18(29)14-12(8-33-21(25)31)22(32-2)19-13(7-26(22)16(14)17(9)28)27(19)20(30)10-3-5-11(23)6-4-10/h3-6,12-13,19H,7-8,24H2,1-2H3,(H2,25,31)/t12-,13+,19+,22-,27?/m1/s1. The Labute approximate surface area is 193 Å². The Balaban J connectivity index is 1.56. The number of carbonyl (C=O) groups is 4. The van der Waals surface area contributed by atoms with Crippen LogP contribution in [0.2, 0.25) is 5.02 Å². The van der Waals surface area contributed by atoms with Gasteiger partial charge in [0, 0.05) is 35.4 Å². The van der Waals surface area contributed by atoms with Crippen molar-refractivity contribution in [1.29, 1.82) is 0 Å². The van der Waals surface area contributed by atoms with E-state index in [2.05, 4.69) is 0 Å². The smallest absolute Gasteiger partial charge is 0.404 e. The van der Waals surface area contributed by atoms with Crippen molar-refractivity contribution in [2.45, 2.75) is 24.7 Å². The van der Waals surface area contributed by atoms with Crippen molar-refractivity contribution in [2.75, 3.05) is 20.3 Å². The maximum Gasteiger partial charge on any atom is 0.404 e. The van der Waals surface area contributed by atoms with Gasteiger partial charge in [-0.3, -0.25) is 14.4 Å². The first-order valence-corrected chi connectivity index (χ1v) is 10.7. The molecule has 172 valence electrons. The number of piperazine rings is 1. The molecule has 1 aromatic carbocycles. The lowest BCUT2D eigenvalue weighted by Crippen LogP contribution is -2.56. The maximum atomic E-state index is 13.2. The lowest BCUT2D eigenvalue weighted by Gasteiger charge is -2.41. The van der Waals surface area contributed by atoms with Crippen molar-refractivity contribution in [3.63, 3.8) is 0 Å². The van der Waals surface area contributed by atoms with Gasteiger partial charge in [0.25, 0.3) is 5.91 Å². The molecular weight excluding hydrogens is 452 g/mol. The molecule has 1 aromatic rings. The Morgan fingerprint density at radius 1 is 1.21 bits per heavy atom. The molecule has 0 saturated carbocycles. The fraction of sp³-hybridized carbons (Fsp3) is 0.364. The molecular formula is C22H21ClN4O6. The van der Waals surface area contributed by atoms with E-state index in [1.807, 2.05) is 0 Å². The van der Waals surface area contributed by atoms with E-state index in [0.29, 0.717) is 10.6 Å². The molecule has 0 unspecified atom stereocenters. The molecule has 4 N–H and O–H groups in total. The van der Waals surface area contributed by atoms with E-state index in [1.54, 1.807) is 34.1 Å². The number of methoxy groups -OCH3 is 1. The zero-order chi connectivity index (χ0) is 23.8. The number of rotatable bonds is 4. The van der Waals surface area contributed by atoms with Crippen LogP contribution in [-0.4, -0.2) is 71.4 Å². The molecule has 0 spiro atoms. The SMILES string of the molecule is CO[C@@]12[C@H](COC(N)=O)C3=C(C(=O)C(C)=C(N)C3=O)N1C[C@H]1[C@@H]2N1C(=O)c1ccc(Cl)cc1. The topological polar surface area (TPSA) is 145 Å². The number of allylic oxidation sites excluding steroid dienone is 2. The van der Waals surface area contributed by atoms with Crippen LogP contribution < -0.4 is 11.5 Å². The van der Waals surface area contributed by atoms with Crippen LogP contribution in [0.1, 0.15) is 17.3 Å². The van der Waals surface area contributed by atoms with Gasteiger partial charge in [-0.2, -0.15) is 0 Å². The summed E-state index contributed by atoms with van der Waals surface area (Å²) in [6.45, 7) is 1.46. The predicted octanol–water partition coefficient (Wildman–Crippen LogP) is 0.555. The summed E-state index contributed by atoms with van der Waals surface area (Å²) in [5.41, 5.74) is 10.6. The van der Waals surface area contributed by atoms with Crippen molar-refractivity contribution in [3.8, 4) is 0 Å². The number of ether oxygens (including phenoxy) is 2. The molecule has 2 fully saturated rings. The third kappa shape index (κ3) is 2.71. The summed E-state index contributed by atoms with van der Waals surface area (Å²) in [4.78, 5) is 54.3. The molecule has 1 aliphatic carbocycles. The highest BCUT2D eigenvalue weighted by molar-refractivity contribution is 6.30. The van der Waals surface area contributed by atoms with Gasteiger partial charge >= 0.3 is 6.09 Å². The highest BCUT2D eigenvalue weighted by Crippen LogP contribution is 2.60. The number of hydrogen-bond acceptors (Lipinski definition) is 8. The van der Waals surface area contributed by atoms with Gasteiger partial charge in [0.1, 0.15) is 12.6 Å². The highest BCUT2D eigenvalue weighted by atomic mass is 35.5. The van der Waals surface area contributed by atoms with Gasteiger partial charge < -0.3 is 30.7 Å². The van der Waals surface area contributed by atoms with Gasteiger partial charge in [-0.15, -0.1) is 0 Å². The van der Waals surface area contributed by atoms with Crippen LogP contribution in [0, 0.1) is 5.92 Å². The largest absolute Gasteiger partial charge is 0.449 e. The normalized spacial score (nSPS) is 29.8. The summed E-state index contributed by atoms with van der Waals surface area (Å²) >= 11 is 5.94. The summed E-state index contributed by atoms with van der Waals surface area (Å²) in [6, 6.07) is 5.76. The predicted molar refractivity (Wildman–Crippen MR) is 115 cm³/mol. The van der Waals surface area contributed by atoms with Crippen molar-refractivity contribution in [2.24, 2.45) is 17.4 Å². The molecule has 0 bridgehead atoms. The minimum absolute atomic E-state index is 0.121. The zero-order valence-corrected chi connectivity index (χ0v) is 18.6. The Bertz CT molecular complexity index is 1190. The lowest BCUT2D eigenvalue weighted by molar-refractivity contribution is -0.143. The van der Waals surface area contributed by atoms with Crippen LogP contribution in [-0.2, 0) is 19.1 Å². The molecule has 3 heterocycles. The molecule has 3 aliphatic heterocycles. The van der Waals surface area contributed by atoms with E-state index in [1.165, 1.54) is 14.0 Å². The number of fused-ring (bicyclic) bond motifs is 4. The number of benzene rings is 1. The van der Waals surface area contributed by atoms with Gasteiger partial charge in [-0.05, 0) is 31.2 Å². The van der Waals surface area contributed by atoms with E-state index in [4.69, 9.17) is 32.5 Å². The van der Waals surface area contributed by atoms with E-state index in [0.717, 1.165) is 0 Å². The van der Waals surface area contributed by atoms with Crippen molar-refractivity contribution in [1.82, 2.24) is 9.80 Å². The summed E-state index contributed by atoms with van der Waals surface area (Å²) in [5.74, 6) is -2.00. The summed E-state index contributed by atoms with van der Waals surface area (Å²) in [5, 5.41) is 0.505. The minimum Gasteiger partial charge on any atom is -0.449 e. The molecule has 33 heavy (non-hydrogen) atoms. The summed E-state index contributed by atoms with van der Waals surface area (Å²) < 4.78 is 11.1. The van der Waals surface area contributed by atoms with Crippen molar-refractivity contribution < 1.29 is 28.7 Å². The third-order valence-electron chi connectivity index (χ3n) is 7.01. The number of halogens is 1. The number of amides is 2.